The summed E-state index contributed by atoms with van der Waals surface area (Å²) in [5.41, 5.74) is 2.83. The van der Waals surface area contributed by atoms with Crippen LogP contribution in [0, 0.1) is 13.8 Å². The highest BCUT2D eigenvalue weighted by Crippen LogP contribution is 2.29. The molecule has 0 bridgehead atoms. The summed E-state index contributed by atoms with van der Waals surface area (Å²) >= 11 is 0. The largest absolute Gasteiger partial charge is 0.444 e. The molecule has 2 atom stereocenters. The highest BCUT2D eigenvalue weighted by molar-refractivity contribution is 5.69. The van der Waals surface area contributed by atoms with Gasteiger partial charge in [-0.25, -0.2) is 4.79 Å². The molecule has 1 aromatic carbocycles. The number of amides is 1. The number of carbonyl (C=O) groups is 1. The Balaban J connectivity index is 2.02. The summed E-state index contributed by atoms with van der Waals surface area (Å²) in [6.07, 6.45) is 1.61. The van der Waals surface area contributed by atoms with Crippen LogP contribution < -0.4 is 0 Å². The number of benzene rings is 1. The number of carbonyl (C=O) groups excluding carboxylic acids is 1. The molecule has 2 unspecified atom stereocenters. The normalized spacial score (nSPS) is 19.7. The lowest BCUT2D eigenvalue weighted by Crippen LogP contribution is -2.40. The van der Waals surface area contributed by atoms with E-state index in [0.717, 1.165) is 18.4 Å². The number of ether oxygens (including phenoxy) is 1. The summed E-state index contributed by atoms with van der Waals surface area (Å²) in [5, 5.41) is 10.5. The number of likely N-dealkylation sites (tertiary alicyclic amines) is 1. The molecule has 128 valence electrons. The molecule has 0 spiro atoms. The van der Waals surface area contributed by atoms with E-state index in [9.17, 15) is 9.90 Å². The number of aliphatic hydroxyl groups excluding tert-OH is 1. The Morgan fingerprint density at radius 1 is 1.35 bits per heavy atom. The van der Waals surface area contributed by atoms with Crippen LogP contribution in [0.2, 0.25) is 0 Å². The molecule has 4 heteroatoms. The van der Waals surface area contributed by atoms with Gasteiger partial charge in [-0.15, -0.1) is 0 Å². The van der Waals surface area contributed by atoms with E-state index in [2.05, 4.69) is 6.92 Å². The van der Waals surface area contributed by atoms with Gasteiger partial charge in [0.15, 0.2) is 0 Å². The molecule has 1 heterocycles. The standard InChI is InChI=1S/C19H29NO3/c1-13-8-9-15(11-14(13)2)17(21)12-16-7-6-10-20(16)18(22)23-19(3,4)5/h8-9,11,16-17,21H,6-7,10,12H2,1-5H3. The van der Waals surface area contributed by atoms with Crippen LogP contribution in [-0.2, 0) is 4.74 Å². The number of hydrogen-bond acceptors (Lipinski definition) is 3. The average Bonchev–Trinajstić information content (AvgIpc) is 2.88. The van der Waals surface area contributed by atoms with E-state index < -0.39 is 11.7 Å². The minimum Gasteiger partial charge on any atom is -0.444 e. The second kappa shape index (κ2) is 6.91. The van der Waals surface area contributed by atoms with Crippen molar-refractivity contribution in [1.82, 2.24) is 4.90 Å². The Morgan fingerprint density at radius 3 is 2.65 bits per heavy atom. The van der Waals surface area contributed by atoms with Crippen LogP contribution in [0.25, 0.3) is 0 Å². The molecule has 0 radical (unpaired) electrons. The van der Waals surface area contributed by atoms with Gasteiger partial charge in [0.2, 0.25) is 0 Å². The van der Waals surface area contributed by atoms with Crippen molar-refractivity contribution in [3.63, 3.8) is 0 Å². The molecule has 1 aliphatic rings. The highest BCUT2D eigenvalue weighted by Gasteiger charge is 2.33. The van der Waals surface area contributed by atoms with Gasteiger partial charge in [0.05, 0.1) is 6.10 Å². The highest BCUT2D eigenvalue weighted by atomic mass is 16.6. The van der Waals surface area contributed by atoms with Crippen LogP contribution in [-0.4, -0.2) is 34.3 Å². The quantitative estimate of drug-likeness (QED) is 0.911. The minimum atomic E-state index is -0.553. The number of aliphatic hydroxyl groups is 1. The molecule has 1 aromatic rings. The summed E-state index contributed by atoms with van der Waals surface area (Å²) < 4.78 is 5.48. The van der Waals surface area contributed by atoms with Gasteiger partial charge in [-0.05, 0) is 70.6 Å². The Labute approximate surface area is 139 Å². The van der Waals surface area contributed by atoms with Gasteiger partial charge in [0.25, 0.3) is 0 Å². The van der Waals surface area contributed by atoms with Gasteiger partial charge in [-0.3, -0.25) is 0 Å². The fourth-order valence-electron chi connectivity index (χ4n) is 3.01. The maximum Gasteiger partial charge on any atom is 0.410 e. The van der Waals surface area contributed by atoms with Crippen LogP contribution >= 0.6 is 0 Å². The van der Waals surface area contributed by atoms with E-state index in [-0.39, 0.29) is 12.1 Å². The molecule has 0 aromatic heterocycles. The second-order valence-corrected chi connectivity index (χ2v) is 7.56. The lowest BCUT2D eigenvalue weighted by molar-refractivity contribution is 0.0178. The van der Waals surface area contributed by atoms with Crippen molar-refractivity contribution in [1.29, 1.82) is 0 Å². The van der Waals surface area contributed by atoms with E-state index in [1.165, 1.54) is 11.1 Å². The van der Waals surface area contributed by atoms with Crippen molar-refractivity contribution in [3.05, 3.63) is 34.9 Å². The summed E-state index contributed by atoms with van der Waals surface area (Å²) in [6.45, 7) is 10.4. The first-order valence-electron chi connectivity index (χ1n) is 8.42. The maximum absolute atomic E-state index is 12.3. The molecule has 1 fully saturated rings. The maximum atomic E-state index is 12.3. The number of nitrogens with zero attached hydrogens (tertiary/aromatic N) is 1. The first-order valence-corrected chi connectivity index (χ1v) is 8.42. The van der Waals surface area contributed by atoms with Crippen LogP contribution in [0.4, 0.5) is 4.79 Å². The van der Waals surface area contributed by atoms with Gasteiger partial charge in [-0.2, -0.15) is 0 Å². The van der Waals surface area contributed by atoms with Gasteiger partial charge >= 0.3 is 6.09 Å². The zero-order valence-corrected chi connectivity index (χ0v) is 14.9. The first-order chi connectivity index (χ1) is 10.7. The molecule has 1 aliphatic heterocycles. The molecule has 1 N–H and O–H groups in total. The lowest BCUT2D eigenvalue weighted by Gasteiger charge is -2.29. The fraction of sp³-hybridized carbons (Fsp3) is 0.632. The number of rotatable bonds is 3. The number of hydrogen-bond donors (Lipinski definition) is 1. The minimum absolute atomic E-state index is 0.0430. The van der Waals surface area contributed by atoms with Crippen LogP contribution in [0.5, 0.6) is 0 Å². The Morgan fingerprint density at radius 2 is 2.04 bits per heavy atom. The monoisotopic (exact) mass is 319 g/mol. The zero-order chi connectivity index (χ0) is 17.2. The summed E-state index contributed by atoms with van der Waals surface area (Å²) in [6, 6.07) is 6.09. The molecule has 1 saturated heterocycles. The van der Waals surface area contributed by atoms with Gasteiger partial charge in [0.1, 0.15) is 5.60 Å². The van der Waals surface area contributed by atoms with Crippen molar-refractivity contribution in [2.75, 3.05) is 6.54 Å². The molecule has 0 aliphatic carbocycles. The smallest absolute Gasteiger partial charge is 0.410 e. The third kappa shape index (κ3) is 4.71. The number of aryl methyl sites for hydroxylation is 2. The van der Waals surface area contributed by atoms with Gasteiger partial charge < -0.3 is 14.7 Å². The van der Waals surface area contributed by atoms with Gasteiger partial charge in [-0.1, -0.05) is 18.2 Å². The van der Waals surface area contributed by atoms with E-state index in [1.807, 2.05) is 45.9 Å². The van der Waals surface area contributed by atoms with Crippen molar-refractivity contribution in [2.24, 2.45) is 0 Å². The van der Waals surface area contributed by atoms with Crippen molar-refractivity contribution < 1.29 is 14.6 Å². The first kappa shape index (κ1) is 17.8. The molecule has 4 nitrogen and oxygen atoms in total. The summed E-state index contributed by atoms with van der Waals surface area (Å²) in [7, 11) is 0. The van der Waals surface area contributed by atoms with Crippen molar-refractivity contribution in [2.45, 2.75) is 71.6 Å². The Kier molecular flexibility index (Phi) is 5.35. The van der Waals surface area contributed by atoms with Crippen molar-refractivity contribution in [3.8, 4) is 0 Å². The molecule has 2 rings (SSSR count). The van der Waals surface area contributed by atoms with Gasteiger partial charge in [0, 0.05) is 12.6 Å². The molecule has 23 heavy (non-hydrogen) atoms. The predicted octanol–water partition coefficient (Wildman–Crippen LogP) is 4.13. The molecule has 0 saturated carbocycles. The Hall–Kier alpha value is -1.55. The van der Waals surface area contributed by atoms with E-state index >= 15 is 0 Å². The fourth-order valence-corrected chi connectivity index (χ4v) is 3.01. The molecule has 1 amide bonds. The second-order valence-electron chi connectivity index (χ2n) is 7.56. The SMILES string of the molecule is Cc1ccc(C(O)CC2CCCN2C(=O)OC(C)(C)C)cc1C. The lowest BCUT2D eigenvalue weighted by atomic mass is 9.97. The average molecular weight is 319 g/mol. The molecular weight excluding hydrogens is 290 g/mol. The zero-order valence-electron chi connectivity index (χ0n) is 14.9. The summed E-state index contributed by atoms with van der Waals surface area (Å²) in [4.78, 5) is 14.1. The van der Waals surface area contributed by atoms with Crippen LogP contribution in [0.1, 0.15) is 62.8 Å². The van der Waals surface area contributed by atoms with E-state index in [1.54, 1.807) is 4.90 Å². The van der Waals surface area contributed by atoms with E-state index in [4.69, 9.17) is 4.74 Å². The van der Waals surface area contributed by atoms with E-state index in [0.29, 0.717) is 13.0 Å². The molecular formula is C19H29NO3. The van der Waals surface area contributed by atoms with Crippen LogP contribution in [0.15, 0.2) is 18.2 Å². The topological polar surface area (TPSA) is 49.8 Å². The third-order valence-electron chi connectivity index (χ3n) is 4.42. The summed E-state index contributed by atoms with van der Waals surface area (Å²) in [5.74, 6) is 0. The third-order valence-corrected chi connectivity index (χ3v) is 4.42. The Bertz CT molecular complexity index is 562. The predicted molar refractivity (Wildman–Crippen MR) is 91.5 cm³/mol. The van der Waals surface area contributed by atoms with Crippen molar-refractivity contribution >= 4 is 6.09 Å². The van der Waals surface area contributed by atoms with Crippen LogP contribution in [0.3, 0.4) is 0 Å².